The van der Waals surface area contributed by atoms with Gasteiger partial charge in [0.2, 0.25) is 0 Å². The minimum atomic E-state index is -4.63. The minimum absolute atomic E-state index is 0. The quantitative estimate of drug-likeness (QED) is 0.216. The van der Waals surface area contributed by atoms with Crippen molar-refractivity contribution in [2.45, 2.75) is 108 Å². The molecule has 1 saturated heterocycles. The summed E-state index contributed by atoms with van der Waals surface area (Å²) < 4.78 is 20.7. The fourth-order valence-electron chi connectivity index (χ4n) is 3.25. The van der Waals surface area contributed by atoms with Crippen LogP contribution in [-0.2, 0) is 13.8 Å². The van der Waals surface area contributed by atoms with Crippen molar-refractivity contribution in [2.75, 3.05) is 12.4 Å². The molecule has 1 fully saturated rings. The first-order chi connectivity index (χ1) is 12.5. The standard InChI is InChI=1S/C19H39O5PS.Na/c1-2-3-4-5-6-7-8-9-10-11-12-13-14-15-19-24-18(17-26-19)16-23-25(20,21)22;/h18-19H,2-17H2,1H3,(H2,20,21,22);/q;+1/p-1. The second-order valence-electron chi connectivity index (χ2n) is 7.32. The summed E-state index contributed by atoms with van der Waals surface area (Å²) in [6.07, 6.45) is 18.3. The van der Waals surface area contributed by atoms with Gasteiger partial charge in [-0.1, -0.05) is 84.0 Å². The van der Waals surface area contributed by atoms with Crippen LogP contribution in [0.5, 0.6) is 0 Å². The van der Waals surface area contributed by atoms with Gasteiger partial charge in [0.05, 0.1) is 12.7 Å². The van der Waals surface area contributed by atoms with Crippen LogP contribution in [-0.4, -0.2) is 28.8 Å². The smallest absolute Gasteiger partial charge is 0.756 e. The number of phosphoric ester groups is 1. The molecule has 27 heavy (non-hydrogen) atoms. The van der Waals surface area contributed by atoms with Gasteiger partial charge in [0.15, 0.2) is 0 Å². The Kier molecular flexibility index (Phi) is 19.2. The van der Waals surface area contributed by atoms with Gasteiger partial charge in [0.1, 0.15) is 5.44 Å². The van der Waals surface area contributed by atoms with Crippen molar-refractivity contribution in [2.24, 2.45) is 0 Å². The molecule has 0 aliphatic carbocycles. The Morgan fingerprint density at radius 2 is 1.48 bits per heavy atom. The van der Waals surface area contributed by atoms with E-state index in [1.807, 2.05) is 0 Å². The van der Waals surface area contributed by atoms with Crippen molar-refractivity contribution >= 4 is 19.6 Å². The number of thioether (sulfide) groups is 1. The number of rotatable bonds is 17. The van der Waals surface area contributed by atoms with Gasteiger partial charge in [-0.25, -0.2) is 0 Å². The van der Waals surface area contributed by atoms with Crippen molar-refractivity contribution < 1.29 is 53.2 Å². The Balaban J connectivity index is 0.00000676. The van der Waals surface area contributed by atoms with Crippen LogP contribution in [0.3, 0.4) is 0 Å². The predicted octanol–water partition coefficient (Wildman–Crippen LogP) is 2.41. The minimum Gasteiger partial charge on any atom is -0.756 e. The maximum atomic E-state index is 10.6. The molecule has 0 aromatic rings. The molecule has 1 rings (SSSR count). The van der Waals surface area contributed by atoms with E-state index in [0.29, 0.717) is 0 Å². The number of hydrogen-bond donors (Lipinski definition) is 1. The first-order valence-electron chi connectivity index (χ1n) is 10.5. The summed E-state index contributed by atoms with van der Waals surface area (Å²) in [7, 11) is -4.63. The average molecular weight is 433 g/mol. The maximum absolute atomic E-state index is 10.6. The summed E-state index contributed by atoms with van der Waals surface area (Å²) in [5.74, 6) is 0.725. The Bertz CT molecular complexity index is 383. The van der Waals surface area contributed by atoms with Crippen LogP contribution in [0.15, 0.2) is 0 Å². The Morgan fingerprint density at radius 3 is 1.96 bits per heavy atom. The second kappa shape index (κ2) is 18.2. The van der Waals surface area contributed by atoms with Crippen LogP contribution in [0.2, 0.25) is 0 Å². The van der Waals surface area contributed by atoms with Gasteiger partial charge in [-0.05, 0) is 12.8 Å². The molecule has 5 nitrogen and oxygen atoms in total. The van der Waals surface area contributed by atoms with Gasteiger partial charge in [0.25, 0.3) is 7.82 Å². The molecule has 3 atom stereocenters. The fourth-order valence-corrected chi connectivity index (χ4v) is 4.78. The van der Waals surface area contributed by atoms with Crippen molar-refractivity contribution in [3.05, 3.63) is 0 Å². The molecule has 1 heterocycles. The molecule has 1 aliphatic heterocycles. The Hall–Kier alpha value is 1.42. The molecule has 8 heteroatoms. The molecule has 1 N–H and O–H groups in total. The predicted molar refractivity (Wildman–Crippen MR) is 107 cm³/mol. The van der Waals surface area contributed by atoms with E-state index in [0.717, 1.165) is 18.6 Å². The first kappa shape index (κ1) is 28.4. The van der Waals surface area contributed by atoms with Crippen LogP contribution >= 0.6 is 19.6 Å². The van der Waals surface area contributed by atoms with E-state index in [-0.39, 0.29) is 47.7 Å². The van der Waals surface area contributed by atoms with Crippen molar-refractivity contribution in [1.82, 2.24) is 0 Å². The topological polar surface area (TPSA) is 78.8 Å². The average Bonchev–Trinajstić information content (AvgIpc) is 3.04. The molecule has 0 amide bonds. The third-order valence-corrected chi connectivity index (χ3v) is 6.54. The number of ether oxygens (including phenoxy) is 1. The zero-order chi connectivity index (χ0) is 19.1. The Morgan fingerprint density at radius 1 is 1.00 bits per heavy atom. The molecular formula is C19H38NaO5PS. The normalized spacial score (nSPS) is 21.7. The zero-order valence-corrected chi connectivity index (χ0v) is 21.1. The van der Waals surface area contributed by atoms with Gasteiger partial charge < -0.3 is 19.0 Å². The monoisotopic (exact) mass is 432 g/mol. The summed E-state index contributed by atoms with van der Waals surface area (Å²) in [6.45, 7) is 2.18. The first-order valence-corrected chi connectivity index (χ1v) is 13.0. The van der Waals surface area contributed by atoms with Crippen LogP contribution in [0.25, 0.3) is 0 Å². The second-order valence-corrected chi connectivity index (χ2v) is 9.70. The van der Waals surface area contributed by atoms with Crippen LogP contribution in [0.1, 0.15) is 96.8 Å². The third-order valence-electron chi connectivity index (χ3n) is 4.78. The molecule has 0 radical (unpaired) electrons. The molecule has 0 saturated carbocycles. The Labute approximate surface area is 192 Å². The summed E-state index contributed by atoms with van der Waals surface area (Å²) in [6, 6.07) is 0. The van der Waals surface area contributed by atoms with Gasteiger partial charge in [-0.15, -0.1) is 11.8 Å². The van der Waals surface area contributed by atoms with Gasteiger partial charge in [-0.2, -0.15) is 0 Å². The van der Waals surface area contributed by atoms with E-state index >= 15 is 0 Å². The summed E-state index contributed by atoms with van der Waals surface area (Å²) >= 11 is 1.71. The van der Waals surface area contributed by atoms with Crippen molar-refractivity contribution in [3.8, 4) is 0 Å². The van der Waals surface area contributed by atoms with Gasteiger partial charge in [0, 0.05) is 5.75 Å². The summed E-state index contributed by atoms with van der Waals surface area (Å²) in [4.78, 5) is 19.2. The molecule has 0 aromatic carbocycles. The molecular weight excluding hydrogens is 394 g/mol. The van der Waals surface area contributed by atoms with E-state index < -0.39 is 7.82 Å². The molecule has 0 bridgehead atoms. The van der Waals surface area contributed by atoms with Gasteiger partial charge in [-0.3, -0.25) is 4.57 Å². The number of hydrogen-bond acceptors (Lipinski definition) is 5. The van der Waals surface area contributed by atoms with Crippen molar-refractivity contribution in [3.63, 3.8) is 0 Å². The van der Waals surface area contributed by atoms with Crippen LogP contribution in [0.4, 0.5) is 0 Å². The zero-order valence-electron chi connectivity index (χ0n) is 17.4. The van der Waals surface area contributed by atoms with E-state index in [2.05, 4.69) is 11.4 Å². The van der Waals surface area contributed by atoms with Crippen LogP contribution in [0, 0.1) is 0 Å². The van der Waals surface area contributed by atoms with E-state index in [1.54, 1.807) is 11.8 Å². The SMILES string of the molecule is CCCCCCCCCCCCCCCC1OC(COP(=O)([O-])O)CS1.[Na+]. The summed E-state index contributed by atoms with van der Waals surface area (Å²) in [5.41, 5.74) is 0.140. The summed E-state index contributed by atoms with van der Waals surface area (Å²) in [5, 5.41) is 0. The fraction of sp³-hybridized carbons (Fsp3) is 1.00. The van der Waals surface area contributed by atoms with E-state index in [9.17, 15) is 9.46 Å². The largest absolute Gasteiger partial charge is 1.00 e. The number of unbranched alkanes of at least 4 members (excludes halogenated alkanes) is 12. The number of phosphoric acid groups is 1. The van der Waals surface area contributed by atoms with Crippen LogP contribution < -0.4 is 34.5 Å². The van der Waals surface area contributed by atoms with E-state index in [1.165, 1.54) is 77.0 Å². The van der Waals surface area contributed by atoms with Gasteiger partial charge >= 0.3 is 29.6 Å². The maximum Gasteiger partial charge on any atom is 1.00 e. The molecule has 0 spiro atoms. The van der Waals surface area contributed by atoms with E-state index in [4.69, 9.17) is 9.63 Å². The molecule has 156 valence electrons. The van der Waals surface area contributed by atoms with Crippen molar-refractivity contribution in [1.29, 1.82) is 0 Å². The molecule has 0 aromatic heterocycles. The molecule has 1 aliphatic rings. The third kappa shape index (κ3) is 17.9. The molecule has 3 unspecified atom stereocenters.